The van der Waals surface area contributed by atoms with Gasteiger partial charge in [-0.1, -0.05) is 50.2 Å². The van der Waals surface area contributed by atoms with Crippen LogP contribution in [0.5, 0.6) is 11.5 Å². The van der Waals surface area contributed by atoms with Gasteiger partial charge in [0, 0.05) is 18.0 Å². The second-order valence-corrected chi connectivity index (χ2v) is 11.1. The molecule has 1 unspecified atom stereocenters. The molecule has 8 heteroatoms. The topological polar surface area (TPSA) is 59.1 Å². The quantitative estimate of drug-likeness (QED) is 0.238. The number of amides is 2. The van der Waals surface area contributed by atoms with Gasteiger partial charge in [0.25, 0.3) is 0 Å². The van der Waals surface area contributed by atoms with E-state index in [2.05, 4.69) is 13.0 Å². The molecule has 0 aliphatic heterocycles. The van der Waals surface area contributed by atoms with Crippen molar-refractivity contribution in [2.75, 3.05) is 33.9 Å². The van der Waals surface area contributed by atoms with E-state index < -0.39 is 5.38 Å². The average Bonchev–Trinajstić information content (AvgIpc) is 3.33. The number of halogens is 1. The van der Waals surface area contributed by atoms with Gasteiger partial charge in [-0.05, 0) is 59.5 Å². The Morgan fingerprint density at radius 1 is 0.974 bits per heavy atom. The molecule has 0 saturated heterocycles. The van der Waals surface area contributed by atoms with E-state index in [1.165, 1.54) is 0 Å². The SMILES string of the molecule is COc1ccc(CCN(Cc2sccc2C)C(=O)CN(CC(C)C)C(=O)C(Cl)c2ccccc2)cc1OC. The number of carbonyl (C=O) groups excluding carboxylic acids is 2. The number of nitrogens with zero attached hydrogens (tertiary/aromatic N) is 2. The molecule has 38 heavy (non-hydrogen) atoms. The first-order valence-electron chi connectivity index (χ1n) is 12.7. The Balaban J connectivity index is 1.80. The number of ether oxygens (including phenoxy) is 2. The Bertz CT molecular complexity index is 1200. The van der Waals surface area contributed by atoms with E-state index in [4.69, 9.17) is 21.1 Å². The van der Waals surface area contributed by atoms with Crippen LogP contribution in [0.2, 0.25) is 0 Å². The molecule has 3 rings (SSSR count). The summed E-state index contributed by atoms with van der Waals surface area (Å²) in [5.41, 5.74) is 2.90. The summed E-state index contributed by atoms with van der Waals surface area (Å²) in [6.07, 6.45) is 0.636. The number of carbonyl (C=O) groups is 2. The van der Waals surface area contributed by atoms with Crippen LogP contribution in [0.15, 0.2) is 60.0 Å². The molecule has 1 atom stereocenters. The van der Waals surface area contributed by atoms with Gasteiger partial charge in [0.15, 0.2) is 11.5 Å². The lowest BCUT2D eigenvalue weighted by molar-refractivity contribution is -0.141. The molecule has 2 aromatic carbocycles. The number of hydrogen-bond donors (Lipinski definition) is 0. The Labute approximate surface area is 235 Å². The summed E-state index contributed by atoms with van der Waals surface area (Å²) in [4.78, 5) is 31.7. The fourth-order valence-electron chi connectivity index (χ4n) is 4.19. The van der Waals surface area contributed by atoms with Crippen LogP contribution in [0.25, 0.3) is 0 Å². The first kappa shape index (κ1) is 29.5. The molecule has 0 spiro atoms. The molecule has 2 amide bonds. The predicted molar refractivity (Wildman–Crippen MR) is 154 cm³/mol. The van der Waals surface area contributed by atoms with Crippen molar-refractivity contribution in [2.45, 2.75) is 39.1 Å². The van der Waals surface area contributed by atoms with E-state index in [0.717, 1.165) is 21.6 Å². The van der Waals surface area contributed by atoms with E-state index in [1.807, 2.05) is 72.7 Å². The van der Waals surface area contributed by atoms with Crippen molar-refractivity contribution < 1.29 is 19.1 Å². The molecule has 1 heterocycles. The van der Waals surface area contributed by atoms with E-state index in [0.29, 0.717) is 37.6 Å². The van der Waals surface area contributed by atoms with Crippen LogP contribution >= 0.6 is 22.9 Å². The lowest BCUT2D eigenvalue weighted by Gasteiger charge is -2.30. The number of alkyl halides is 1. The molecular formula is C30H37ClN2O4S. The summed E-state index contributed by atoms with van der Waals surface area (Å²) in [7, 11) is 3.21. The number of rotatable bonds is 13. The van der Waals surface area contributed by atoms with Crippen LogP contribution in [0.4, 0.5) is 0 Å². The van der Waals surface area contributed by atoms with Crippen molar-refractivity contribution >= 4 is 34.8 Å². The molecule has 0 bridgehead atoms. The van der Waals surface area contributed by atoms with Gasteiger partial charge in [0.05, 0.1) is 27.3 Å². The molecule has 204 valence electrons. The maximum Gasteiger partial charge on any atom is 0.245 e. The third kappa shape index (κ3) is 7.98. The standard InChI is InChI=1S/C30H37ClN2O4S/c1-21(2)18-33(30(35)29(31)24-9-7-6-8-10-24)20-28(34)32(19-27-22(3)14-16-38-27)15-13-23-11-12-25(36-4)26(17-23)37-5/h6-12,14,16-17,21,29H,13,15,18-20H2,1-5H3. The van der Waals surface area contributed by atoms with Crippen molar-refractivity contribution in [3.8, 4) is 11.5 Å². The lowest BCUT2D eigenvalue weighted by atomic mass is 10.1. The summed E-state index contributed by atoms with van der Waals surface area (Å²) < 4.78 is 10.8. The van der Waals surface area contributed by atoms with Crippen molar-refractivity contribution in [1.29, 1.82) is 0 Å². The third-order valence-electron chi connectivity index (χ3n) is 6.31. The summed E-state index contributed by atoms with van der Waals surface area (Å²) in [5, 5.41) is 1.19. The van der Waals surface area contributed by atoms with E-state index in [1.54, 1.807) is 30.5 Å². The van der Waals surface area contributed by atoms with Gasteiger partial charge in [0.1, 0.15) is 5.38 Å². The molecule has 0 fully saturated rings. The van der Waals surface area contributed by atoms with Crippen LogP contribution < -0.4 is 9.47 Å². The molecule has 0 N–H and O–H groups in total. The fourth-order valence-corrected chi connectivity index (χ4v) is 5.40. The van der Waals surface area contributed by atoms with Gasteiger partial charge < -0.3 is 19.3 Å². The van der Waals surface area contributed by atoms with Crippen LogP contribution in [0.3, 0.4) is 0 Å². The summed E-state index contributed by atoms with van der Waals surface area (Å²) in [6.45, 7) is 7.52. The number of benzene rings is 2. The monoisotopic (exact) mass is 556 g/mol. The Kier molecular flexibility index (Phi) is 11.0. The number of hydrogen-bond acceptors (Lipinski definition) is 5. The van der Waals surface area contributed by atoms with Gasteiger partial charge in [-0.2, -0.15) is 0 Å². The number of aryl methyl sites for hydroxylation is 1. The third-order valence-corrected chi connectivity index (χ3v) is 7.75. The Morgan fingerprint density at radius 3 is 2.29 bits per heavy atom. The molecule has 3 aromatic rings. The zero-order chi connectivity index (χ0) is 27.7. The molecule has 0 saturated carbocycles. The van der Waals surface area contributed by atoms with E-state index in [-0.39, 0.29) is 24.3 Å². The molecule has 0 aliphatic rings. The largest absolute Gasteiger partial charge is 0.493 e. The highest BCUT2D eigenvalue weighted by Crippen LogP contribution is 2.28. The van der Waals surface area contributed by atoms with Gasteiger partial charge in [-0.3, -0.25) is 9.59 Å². The van der Waals surface area contributed by atoms with Gasteiger partial charge in [-0.25, -0.2) is 0 Å². The van der Waals surface area contributed by atoms with Crippen LogP contribution in [-0.4, -0.2) is 55.5 Å². The highest BCUT2D eigenvalue weighted by molar-refractivity contribution is 7.10. The molecule has 6 nitrogen and oxygen atoms in total. The smallest absolute Gasteiger partial charge is 0.245 e. The van der Waals surface area contributed by atoms with Crippen molar-refractivity contribution in [3.63, 3.8) is 0 Å². The fraction of sp³-hybridized carbons (Fsp3) is 0.400. The minimum Gasteiger partial charge on any atom is -0.493 e. The van der Waals surface area contributed by atoms with Crippen molar-refractivity contribution in [1.82, 2.24) is 9.80 Å². The lowest BCUT2D eigenvalue weighted by Crippen LogP contribution is -2.45. The van der Waals surface area contributed by atoms with Gasteiger partial charge in [-0.15, -0.1) is 22.9 Å². The summed E-state index contributed by atoms with van der Waals surface area (Å²) >= 11 is 8.23. The summed E-state index contributed by atoms with van der Waals surface area (Å²) in [5.74, 6) is 1.14. The van der Waals surface area contributed by atoms with Crippen molar-refractivity contribution in [2.24, 2.45) is 5.92 Å². The second kappa shape index (κ2) is 14.2. The van der Waals surface area contributed by atoms with Crippen LogP contribution in [0.1, 0.15) is 40.8 Å². The Morgan fingerprint density at radius 2 is 1.68 bits per heavy atom. The van der Waals surface area contributed by atoms with Gasteiger partial charge >= 0.3 is 0 Å². The maximum absolute atomic E-state index is 13.7. The Hall–Kier alpha value is -3.03. The van der Waals surface area contributed by atoms with Crippen LogP contribution in [0, 0.1) is 12.8 Å². The molecule has 0 radical (unpaired) electrons. The first-order valence-corrected chi connectivity index (χ1v) is 14.0. The minimum atomic E-state index is -0.845. The van der Waals surface area contributed by atoms with E-state index in [9.17, 15) is 9.59 Å². The number of thiophene rings is 1. The second-order valence-electron chi connectivity index (χ2n) is 9.67. The first-order chi connectivity index (χ1) is 18.2. The van der Waals surface area contributed by atoms with Crippen LogP contribution in [-0.2, 0) is 22.6 Å². The molecular weight excluding hydrogens is 520 g/mol. The predicted octanol–water partition coefficient (Wildman–Crippen LogP) is 6.11. The molecule has 0 aliphatic carbocycles. The average molecular weight is 557 g/mol. The molecule has 1 aromatic heterocycles. The zero-order valence-corrected chi connectivity index (χ0v) is 24.3. The van der Waals surface area contributed by atoms with Crippen molar-refractivity contribution in [3.05, 3.63) is 81.5 Å². The maximum atomic E-state index is 13.7. The number of methoxy groups -OCH3 is 2. The highest BCUT2D eigenvalue weighted by Gasteiger charge is 2.28. The minimum absolute atomic E-state index is 0.0244. The zero-order valence-electron chi connectivity index (χ0n) is 22.8. The summed E-state index contributed by atoms with van der Waals surface area (Å²) in [6, 6.07) is 17.1. The van der Waals surface area contributed by atoms with Gasteiger partial charge in [0.2, 0.25) is 11.8 Å². The normalized spacial score (nSPS) is 11.8. The highest BCUT2D eigenvalue weighted by atomic mass is 35.5. The van der Waals surface area contributed by atoms with E-state index >= 15 is 0 Å².